The number of amides is 1. The number of pyridine rings is 1. The van der Waals surface area contributed by atoms with Crippen LogP contribution in [0.2, 0.25) is 5.02 Å². The molecule has 0 fully saturated rings. The fraction of sp³-hybridized carbons (Fsp3) is 0.242. The molecular weight excluding hydrogens is 643 g/mol. The Bertz CT molecular complexity index is 1880. The lowest BCUT2D eigenvalue weighted by molar-refractivity contribution is -0.173. The van der Waals surface area contributed by atoms with Gasteiger partial charge in [-0.25, -0.2) is 0 Å². The second-order valence-electron chi connectivity index (χ2n) is 10.8. The summed E-state index contributed by atoms with van der Waals surface area (Å²) in [6.45, 7) is 1.56. The summed E-state index contributed by atoms with van der Waals surface area (Å²) in [6.07, 6.45) is -3.36. The number of carbonyl (C=O) groups excluding carboxylic acids is 2. The first-order valence-corrected chi connectivity index (χ1v) is 15.6. The first-order chi connectivity index (χ1) is 21.9. The van der Waals surface area contributed by atoms with Crippen molar-refractivity contribution in [2.24, 2.45) is 0 Å². The second-order valence-corrected chi connectivity index (χ2v) is 12.3. The maximum Gasteiger partial charge on any atom is 0.408 e. The summed E-state index contributed by atoms with van der Waals surface area (Å²) < 4.78 is 55.1. The van der Waals surface area contributed by atoms with Crippen molar-refractivity contribution in [1.82, 2.24) is 9.58 Å². The molecule has 0 aliphatic carbocycles. The van der Waals surface area contributed by atoms with Crippen molar-refractivity contribution in [1.29, 1.82) is 0 Å². The van der Waals surface area contributed by atoms with E-state index in [0.29, 0.717) is 27.0 Å². The van der Waals surface area contributed by atoms with Gasteiger partial charge < -0.3 is 14.4 Å². The van der Waals surface area contributed by atoms with Crippen molar-refractivity contribution in [3.8, 4) is 11.5 Å². The third kappa shape index (κ3) is 5.94. The van der Waals surface area contributed by atoms with Crippen molar-refractivity contribution in [3.63, 3.8) is 0 Å². The van der Waals surface area contributed by atoms with Crippen molar-refractivity contribution in [2.75, 3.05) is 11.7 Å². The minimum absolute atomic E-state index is 0.184. The van der Waals surface area contributed by atoms with Gasteiger partial charge >= 0.3 is 12.1 Å². The van der Waals surface area contributed by atoms with Crippen molar-refractivity contribution < 1.29 is 32.2 Å². The predicted octanol–water partition coefficient (Wildman–Crippen LogP) is 6.70. The monoisotopic (exact) mass is 669 g/mol. The lowest BCUT2D eigenvalue weighted by Crippen LogP contribution is -2.60. The average Bonchev–Trinajstić information content (AvgIpc) is 3.18. The molecule has 0 saturated carbocycles. The molecule has 0 spiro atoms. The highest BCUT2D eigenvalue weighted by molar-refractivity contribution is 7.98. The minimum atomic E-state index is -4.75. The number of carbonyl (C=O) groups is 2. The van der Waals surface area contributed by atoms with Crippen LogP contribution in [0.25, 0.3) is 0 Å². The summed E-state index contributed by atoms with van der Waals surface area (Å²) in [5.41, 5.74) is 1.96. The average molecular weight is 670 g/mol. The summed E-state index contributed by atoms with van der Waals surface area (Å²) in [6, 6.07) is 17.7. The summed E-state index contributed by atoms with van der Waals surface area (Å²) >= 11 is 8.23. The molecule has 8 nitrogen and oxygen atoms in total. The first kappa shape index (κ1) is 31.6. The zero-order chi connectivity index (χ0) is 32.7. The van der Waals surface area contributed by atoms with E-state index in [1.807, 2.05) is 30.3 Å². The lowest BCUT2D eigenvalue weighted by atomic mass is 9.94. The molecule has 0 radical (unpaired) electrons. The van der Waals surface area contributed by atoms with Crippen LogP contribution in [0.1, 0.15) is 52.6 Å². The molecule has 3 heterocycles. The van der Waals surface area contributed by atoms with E-state index in [1.165, 1.54) is 36.0 Å². The van der Waals surface area contributed by atoms with E-state index in [1.54, 1.807) is 41.0 Å². The van der Waals surface area contributed by atoms with Gasteiger partial charge in [-0.1, -0.05) is 54.1 Å². The van der Waals surface area contributed by atoms with Crippen LogP contribution in [0, 0.1) is 0 Å². The molecule has 2 aliphatic rings. The van der Waals surface area contributed by atoms with Gasteiger partial charge in [-0.15, -0.1) is 11.8 Å². The molecule has 238 valence electrons. The Labute approximate surface area is 271 Å². The summed E-state index contributed by atoms with van der Waals surface area (Å²) in [5.74, 6) is -1.05. The van der Waals surface area contributed by atoms with E-state index in [9.17, 15) is 27.6 Å². The van der Waals surface area contributed by atoms with Crippen molar-refractivity contribution >= 4 is 35.2 Å². The molecule has 3 aromatic carbocycles. The Hall–Kier alpha value is -4.42. The number of esters is 1. The number of halogens is 4. The van der Waals surface area contributed by atoms with E-state index in [2.05, 4.69) is 0 Å². The fourth-order valence-corrected chi connectivity index (χ4v) is 7.07. The van der Waals surface area contributed by atoms with Crippen molar-refractivity contribution in [3.05, 3.63) is 122 Å². The number of rotatable bonds is 6. The summed E-state index contributed by atoms with van der Waals surface area (Å²) in [7, 11) is 0. The Morgan fingerprint density at radius 1 is 1.02 bits per heavy atom. The van der Waals surface area contributed by atoms with E-state index in [-0.39, 0.29) is 18.1 Å². The van der Waals surface area contributed by atoms with Crippen LogP contribution < -0.4 is 19.9 Å². The lowest BCUT2D eigenvalue weighted by Gasteiger charge is -2.46. The Morgan fingerprint density at radius 3 is 2.46 bits per heavy atom. The highest BCUT2D eigenvalue weighted by atomic mass is 35.5. The van der Waals surface area contributed by atoms with Crippen LogP contribution in [0.3, 0.4) is 0 Å². The topological polar surface area (TPSA) is 81.1 Å². The number of thioether (sulfide) groups is 1. The Morgan fingerprint density at radius 2 is 1.74 bits per heavy atom. The summed E-state index contributed by atoms with van der Waals surface area (Å²) in [4.78, 5) is 40.1. The molecule has 6 rings (SSSR count). The molecule has 0 N–H and O–H groups in total. The fourth-order valence-electron chi connectivity index (χ4n) is 5.60. The van der Waals surface area contributed by atoms with Gasteiger partial charge in [0.25, 0.3) is 5.91 Å². The van der Waals surface area contributed by atoms with E-state index < -0.39 is 42.2 Å². The van der Waals surface area contributed by atoms with Gasteiger partial charge in [0.2, 0.25) is 5.43 Å². The van der Waals surface area contributed by atoms with Crippen LogP contribution in [-0.4, -0.2) is 40.3 Å². The maximum absolute atomic E-state index is 14.2. The zero-order valence-electron chi connectivity index (χ0n) is 24.6. The molecular formula is C33H27ClF3N3O5S. The number of hydrogen-bond acceptors (Lipinski definition) is 7. The molecule has 1 amide bonds. The van der Waals surface area contributed by atoms with Crippen LogP contribution in [0.5, 0.6) is 11.5 Å². The highest BCUT2D eigenvalue weighted by Crippen LogP contribution is 2.45. The highest BCUT2D eigenvalue weighted by Gasteiger charge is 2.48. The third-order valence-electron chi connectivity index (χ3n) is 7.92. The van der Waals surface area contributed by atoms with Gasteiger partial charge in [0.15, 0.2) is 11.4 Å². The number of alkyl halides is 3. The van der Waals surface area contributed by atoms with Crippen LogP contribution in [0.4, 0.5) is 13.2 Å². The van der Waals surface area contributed by atoms with Crippen LogP contribution >= 0.6 is 23.4 Å². The van der Waals surface area contributed by atoms with Crippen LogP contribution in [-0.2, 0) is 17.2 Å². The molecule has 2 aliphatic heterocycles. The van der Waals surface area contributed by atoms with E-state index >= 15 is 0 Å². The number of benzene rings is 3. The molecule has 2 atom stereocenters. The SMILES string of the molecule is CC(=O)Oc1ccc(COc2c3n(ccc2=O)N([C@@H]2c4ccccc4SCc4c(Cl)cccc42)CN([C@H](C)C(F)(F)F)C3=O)cc1. The smallest absolute Gasteiger partial charge is 0.408 e. The Balaban J connectivity index is 1.50. The number of aromatic nitrogens is 1. The number of ether oxygens (including phenoxy) is 2. The predicted molar refractivity (Wildman–Crippen MR) is 167 cm³/mol. The largest absolute Gasteiger partial charge is 0.482 e. The molecule has 1 aromatic heterocycles. The second kappa shape index (κ2) is 12.4. The standard InChI is InChI=1S/C33H27ClF3N3O5S/c1-19(33(35,36)37)38-18-40(29-23-7-5-8-26(34)25(23)17-46-28-9-4-3-6-24(28)29)39-15-14-27(42)31(30(39)32(38)43)44-16-21-10-12-22(13-11-21)45-20(2)41/h3-15,19,29H,16-18H2,1-2H3/t19-,29+/m1/s1. The molecule has 4 aromatic rings. The van der Waals surface area contributed by atoms with Crippen molar-refractivity contribution in [2.45, 2.75) is 49.4 Å². The quantitative estimate of drug-likeness (QED) is 0.167. The van der Waals surface area contributed by atoms with Gasteiger partial charge in [0.1, 0.15) is 25.1 Å². The third-order valence-corrected chi connectivity index (χ3v) is 9.39. The Kier molecular flexibility index (Phi) is 8.51. The minimum Gasteiger partial charge on any atom is -0.482 e. The molecule has 46 heavy (non-hydrogen) atoms. The molecule has 0 unspecified atom stereocenters. The van der Waals surface area contributed by atoms with E-state index in [4.69, 9.17) is 21.1 Å². The number of fused-ring (bicyclic) bond motifs is 3. The van der Waals surface area contributed by atoms with Gasteiger partial charge in [-0.3, -0.25) is 24.1 Å². The molecule has 0 saturated heterocycles. The zero-order valence-corrected chi connectivity index (χ0v) is 26.2. The van der Waals surface area contributed by atoms with E-state index in [0.717, 1.165) is 28.5 Å². The van der Waals surface area contributed by atoms with Crippen LogP contribution in [0.15, 0.2) is 88.7 Å². The molecule has 13 heteroatoms. The maximum atomic E-state index is 14.2. The normalized spacial score (nSPS) is 16.6. The van der Waals surface area contributed by atoms with Gasteiger partial charge in [-0.2, -0.15) is 13.2 Å². The molecule has 0 bridgehead atoms. The van der Waals surface area contributed by atoms with Gasteiger partial charge in [0.05, 0.1) is 6.04 Å². The first-order valence-electron chi connectivity index (χ1n) is 14.2. The summed E-state index contributed by atoms with van der Waals surface area (Å²) in [5, 5.41) is 2.15. The number of hydrogen-bond donors (Lipinski definition) is 0. The van der Waals surface area contributed by atoms with Gasteiger partial charge in [-0.05, 0) is 53.4 Å². The van der Waals surface area contributed by atoms with Gasteiger partial charge in [0, 0.05) is 34.9 Å². The number of nitrogens with zero attached hydrogens (tertiary/aromatic N) is 3.